The molecule has 0 radical (unpaired) electrons. The van der Waals surface area contributed by atoms with E-state index in [1.807, 2.05) is 55.5 Å². The molecular weight excluding hydrogens is 416 g/mol. The first-order chi connectivity index (χ1) is 16.0. The number of likely N-dealkylation sites (N-methyl/N-ethyl adjacent to an activating group) is 1. The van der Waals surface area contributed by atoms with Crippen molar-refractivity contribution in [1.82, 2.24) is 9.80 Å². The van der Waals surface area contributed by atoms with Gasteiger partial charge < -0.3 is 19.6 Å². The molecule has 0 aromatic heterocycles. The summed E-state index contributed by atoms with van der Waals surface area (Å²) in [6.45, 7) is 2.51. The zero-order valence-corrected chi connectivity index (χ0v) is 19.6. The summed E-state index contributed by atoms with van der Waals surface area (Å²) in [4.78, 5) is 27.9. The zero-order chi connectivity index (χ0) is 23.8. The summed E-state index contributed by atoms with van der Waals surface area (Å²) in [6, 6.07) is 15.3. The van der Waals surface area contributed by atoms with Crippen LogP contribution in [0.2, 0.25) is 0 Å². The highest BCUT2D eigenvalue weighted by molar-refractivity contribution is 5.85. The van der Waals surface area contributed by atoms with Crippen LogP contribution in [0, 0.1) is 11.8 Å². The predicted molar refractivity (Wildman–Crippen MR) is 128 cm³/mol. The van der Waals surface area contributed by atoms with Crippen molar-refractivity contribution in [3.63, 3.8) is 0 Å². The van der Waals surface area contributed by atoms with Crippen LogP contribution in [0.1, 0.15) is 48.8 Å². The fraction of sp³-hybridized carbons (Fsp3) is 0.407. The minimum absolute atomic E-state index is 0.0199. The number of rotatable bonds is 8. The summed E-state index contributed by atoms with van der Waals surface area (Å²) < 4.78 is 5.23. The first kappa shape index (κ1) is 24.3. The van der Waals surface area contributed by atoms with Crippen LogP contribution >= 0.6 is 0 Å². The average molecular weight is 449 g/mol. The lowest BCUT2D eigenvalue weighted by atomic mass is 9.82. The molecule has 1 saturated heterocycles. The van der Waals surface area contributed by atoms with Crippen molar-refractivity contribution in [2.24, 2.45) is 0 Å². The molecule has 6 nitrogen and oxygen atoms in total. The van der Waals surface area contributed by atoms with Crippen LogP contribution in [0.25, 0.3) is 0 Å². The van der Waals surface area contributed by atoms with E-state index >= 15 is 0 Å². The van der Waals surface area contributed by atoms with Gasteiger partial charge in [-0.15, -0.1) is 0 Å². The molecule has 1 aliphatic heterocycles. The molecule has 1 fully saturated rings. The minimum Gasteiger partial charge on any atom is -0.497 e. The summed E-state index contributed by atoms with van der Waals surface area (Å²) in [5, 5.41) is 9.90. The van der Waals surface area contributed by atoms with Crippen molar-refractivity contribution in [1.29, 1.82) is 0 Å². The predicted octanol–water partition coefficient (Wildman–Crippen LogP) is 3.03. The number of unbranched alkanes of at least 4 members (excludes halogenated alkanes) is 1. The average Bonchev–Trinajstić information content (AvgIpc) is 2.81. The molecule has 2 unspecified atom stereocenters. The molecule has 2 atom stereocenters. The molecule has 2 aromatic carbocycles. The van der Waals surface area contributed by atoms with E-state index < -0.39 is 0 Å². The molecule has 6 heteroatoms. The molecule has 0 bridgehead atoms. The number of aliphatic hydroxyl groups excluding tert-OH is 1. The zero-order valence-electron chi connectivity index (χ0n) is 19.6. The Labute approximate surface area is 196 Å². The Morgan fingerprint density at radius 1 is 1.15 bits per heavy atom. The third-order valence-corrected chi connectivity index (χ3v) is 6.07. The van der Waals surface area contributed by atoms with Gasteiger partial charge in [-0.3, -0.25) is 9.59 Å². The van der Waals surface area contributed by atoms with Crippen LogP contribution in [0.15, 0.2) is 48.5 Å². The maximum Gasteiger partial charge on any atom is 0.242 e. The number of hydrogen-bond donors (Lipinski definition) is 1. The van der Waals surface area contributed by atoms with Gasteiger partial charge in [0.05, 0.1) is 26.3 Å². The monoisotopic (exact) mass is 448 g/mol. The quantitative estimate of drug-likeness (QED) is 0.631. The van der Waals surface area contributed by atoms with Crippen LogP contribution < -0.4 is 4.74 Å². The summed E-state index contributed by atoms with van der Waals surface area (Å²) >= 11 is 0. The number of nitrogens with zero attached hydrogens (tertiary/aromatic N) is 2. The molecule has 3 rings (SSSR count). The molecule has 2 amide bonds. The third kappa shape index (κ3) is 6.15. The number of ether oxygens (including phenoxy) is 1. The summed E-state index contributed by atoms with van der Waals surface area (Å²) in [7, 11) is 3.29. The van der Waals surface area contributed by atoms with Crippen LogP contribution in [0.4, 0.5) is 0 Å². The molecular formula is C27H32N2O4. The lowest BCUT2D eigenvalue weighted by Gasteiger charge is -2.48. The van der Waals surface area contributed by atoms with Gasteiger partial charge in [0.25, 0.3) is 0 Å². The standard InChI is InChI=1S/C27H32N2O4/c1-4-5-9-26(31)28(2)18-27(32)29-17-24(25(29)19-30)22-14-12-20(13-15-22)10-11-21-7-6-8-23(16-21)33-3/h6-8,12-16,24-25,30H,4-5,9,17-19H2,1-3H3. The Bertz CT molecular complexity index is 1020. The van der Waals surface area contributed by atoms with Crippen molar-refractivity contribution in [2.45, 2.75) is 38.1 Å². The van der Waals surface area contributed by atoms with Gasteiger partial charge in [-0.2, -0.15) is 0 Å². The van der Waals surface area contributed by atoms with E-state index in [9.17, 15) is 14.7 Å². The van der Waals surface area contributed by atoms with Gasteiger partial charge in [0, 0.05) is 37.1 Å². The number of aliphatic hydroxyl groups is 1. The summed E-state index contributed by atoms with van der Waals surface area (Å²) in [5.74, 6) is 6.99. The van der Waals surface area contributed by atoms with Gasteiger partial charge in [-0.25, -0.2) is 0 Å². The number of amides is 2. The molecule has 1 heterocycles. The fourth-order valence-electron chi connectivity index (χ4n) is 3.95. The second kappa shape index (κ2) is 11.5. The van der Waals surface area contributed by atoms with Gasteiger partial charge in [0.2, 0.25) is 11.8 Å². The molecule has 0 saturated carbocycles. The summed E-state index contributed by atoms with van der Waals surface area (Å²) in [5.41, 5.74) is 2.84. The number of likely N-dealkylation sites (tertiary alicyclic amines) is 1. The number of benzene rings is 2. The SMILES string of the molecule is CCCCC(=O)N(C)CC(=O)N1CC(c2ccc(C#Cc3cccc(OC)c3)cc2)C1CO. The third-order valence-electron chi connectivity index (χ3n) is 6.07. The van der Waals surface area contributed by atoms with Gasteiger partial charge >= 0.3 is 0 Å². The normalized spacial score (nSPS) is 16.9. The molecule has 2 aromatic rings. The number of carbonyl (C=O) groups is 2. The van der Waals surface area contributed by atoms with Crippen LogP contribution in [-0.4, -0.2) is 66.6 Å². The highest BCUT2D eigenvalue weighted by Crippen LogP contribution is 2.34. The Balaban J connectivity index is 1.59. The molecule has 174 valence electrons. The fourth-order valence-corrected chi connectivity index (χ4v) is 3.95. The Kier molecular flexibility index (Phi) is 8.51. The lowest BCUT2D eigenvalue weighted by Crippen LogP contribution is -2.60. The van der Waals surface area contributed by atoms with E-state index in [0.717, 1.165) is 35.3 Å². The second-order valence-corrected chi connectivity index (χ2v) is 8.36. The van der Waals surface area contributed by atoms with E-state index in [2.05, 4.69) is 11.8 Å². The molecule has 0 aliphatic carbocycles. The van der Waals surface area contributed by atoms with E-state index in [4.69, 9.17) is 4.74 Å². The topological polar surface area (TPSA) is 70.1 Å². The molecule has 1 N–H and O–H groups in total. The maximum absolute atomic E-state index is 12.7. The van der Waals surface area contributed by atoms with E-state index in [0.29, 0.717) is 13.0 Å². The van der Waals surface area contributed by atoms with Crippen LogP contribution in [0.5, 0.6) is 5.75 Å². The van der Waals surface area contributed by atoms with E-state index in [1.165, 1.54) is 4.90 Å². The molecule has 1 aliphatic rings. The van der Waals surface area contributed by atoms with Crippen LogP contribution in [0.3, 0.4) is 0 Å². The summed E-state index contributed by atoms with van der Waals surface area (Å²) in [6.07, 6.45) is 2.22. The van der Waals surface area contributed by atoms with Gasteiger partial charge in [-0.1, -0.05) is 43.4 Å². The maximum atomic E-state index is 12.7. The van der Waals surface area contributed by atoms with Gasteiger partial charge in [-0.05, 0) is 42.3 Å². The van der Waals surface area contributed by atoms with Crippen molar-refractivity contribution in [3.8, 4) is 17.6 Å². The number of hydrogen-bond acceptors (Lipinski definition) is 4. The van der Waals surface area contributed by atoms with Crippen molar-refractivity contribution in [3.05, 3.63) is 65.2 Å². The Morgan fingerprint density at radius 3 is 2.55 bits per heavy atom. The van der Waals surface area contributed by atoms with Gasteiger partial charge in [0.1, 0.15) is 5.75 Å². The van der Waals surface area contributed by atoms with Crippen LogP contribution in [-0.2, 0) is 9.59 Å². The first-order valence-electron chi connectivity index (χ1n) is 11.4. The largest absolute Gasteiger partial charge is 0.497 e. The van der Waals surface area contributed by atoms with E-state index in [-0.39, 0.29) is 36.9 Å². The van der Waals surface area contributed by atoms with E-state index in [1.54, 1.807) is 19.1 Å². The Morgan fingerprint density at radius 2 is 1.88 bits per heavy atom. The van der Waals surface area contributed by atoms with Crippen molar-refractivity contribution in [2.75, 3.05) is 33.9 Å². The van der Waals surface area contributed by atoms with Gasteiger partial charge in [0.15, 0.2) is 0 Å². The highest BCUT2D eigenvalue weighted by atomic mass is 16.5. The van der Waals surface area contributed by atoms with Crippen molar-refractivity contribution >= 4 is 11.8 Å². The minimum atomic E-state index is -0.273. The Hall–Kier alpha value is -3.30. The highest BCUT2D eigenvalue weighted by Gasteiger charge is 2.42. The molecule has 0 spiro atoms. The number of methoxy groups -OCH3 is 1. The van der Waals surface area contributed by atoms with Crippen molar-refractivity contribution < 1.29 is 19.4 Å². The first-order valence-corrected chi connectivity index (χ1v) is 11.4. The second-order valence-electron chi connectivity index (χ2n) is 8.36. The smallest absolute Gasteiger partial charge is 0.242 e. The number of carbonyl (C=O) groups excluding carboxylic acids is 2. The lowest BCUT2D eigenvalue weighted by molar-refractivity contribution is -0.147. The molecule has 33 heavy (non-hydrogen) atoms.